The molecule has 11 nitrogen and oxygen atoms in total. The largest absolute Gasteiger partial charge is 0.385 e. The molecule has 3 atom stereocenters. The molecule has 1 saturated heterocycles. The van der Waals surface area contributed by atoms with Crippen molar-refractivity contribution in [3.05, 3.63) is 12.7 Å². The Hall–Kier alpha value is -1.62. The molecule has 1 aliphatic heterocycles. The molecule has 1 aliphatic rings. The number of imidazole rings is 1. The minimum Gasteiger partial charge on any atom is -0.385 e. The number of aliphatic hydroxyl groups is 2. The number of ether oxygens (including phenoxy) is 1. The van der Waals surface area contributed by atoms with E-state index in [-0.39, 0.29) is 38.2 Å². The number of aliphatic hydroxyl groups excluding tert-OH is 1. The SMILES string of the molecule is CCOP(=O)(CCC[C@@]1(O)CO[C@@H](n2cnc3c(N)ncnc32)[C@@H]1O)OCC. The second-order valence-electron chi connectivity index (χ2n) is 6.61. The molecule has 2 aromatic heterocycles. The molecular weight excluding hydrogens is 389 g/mol. The maximum absolute atomic E-state index is 12.5. The standard InChI is InChI=1S/C16H26N5O6P/c1-3-26-28(24,27-4-2)7-5-6-16(23)8-25-15(12(16)22)21-10-20-11-13(17)18-9-19-14(11)21/h9-10,12,15,22-23H,3-8H2,1-2H3,(H2,17,18,19)/t12-,15+,16+/m0/s1. The molecule has 1 fully saturated rings. The normalized spacial score (nSPS) is 25.6. The average molecular weight is 415 g/mol. The maximum atomic E-state index is 12.5. The number of rotatable bonds is 9. The number of anilines is 1. The van der Waals surface area contributed by atoms with Crippen LogP contribution in [0.4, 0.5) is 5.82 Å². The van der Waals surface area contributed by atoms with Gasteiger partial charge in [-0.25, -0.2) is 15.0 Å². The predicted octanol–water partition coefficient (Wildman–Crippen LogP) is 1.08. The van der Waals surface area contributed by atoms with Crippen LogP contribution in [0.5, 0.6) is 0 Å². The van der Waals surface area contributed by atoms with Gasteiger partial charge in [0.25, 0.3) is 0 Å². The summed E-state index contributed by atoms with van der Waals surface area (Å²) in [6.45, 7) is 3.93. The molecule has 0 aliphatic carbocycles. The van der Waals surface area contributed by atoms with Gasteiger partial charge in [0.2, 0.25) is 0 Å². The zero-order valence-electron chi connectivity index (χ0n) is 15.9. The fourth-order valence-corrected chi connectivity index (χ4v) is 4.98. The van der Waals surface area contributed by atoms with Gasteiger partial charge in [-0.15, -0.1) is 0 Å². The summed E-state index contributed by atoms with van der Waals surface area (Å²) in [4.78, 5) is 12.2. The van der Waals surface area contributed by atoms with Gasteiger partial charge in [0.15, 0.2) is 17.7 Å². The quantitative estimate of drug-likeness (QED) is 0.507. The van der Waals surface area contributed by atoms with Gasteiger partial charge in [-0.1, -0.05) is 0 Å². The summed E-state index contributed by atoms with van der Waals surface area (Å²) in [6.07, 6.45) is 1.26. The van der Waals surface area contributed by atoms with Crippen LogP contribution in [0.3, 0.4) is 0 Å². The van der Waals surface area contributed by atoms with E-state index in [1.165, 1.54) is 17.2 Å². The Morgan fingerprint density at radius 2 is 2.07 bits per heavy atom. The lowest BCUT2D eigenvalue weighted by Gasteiger charge is -2.27. The summed E-state index contributed by atoms with van der Waals surface area (Å²) in [6, 6.07) is 0. The van der Waals surface area contributed by atoms with Crippen molar-refractivity contribution in [1.29, 1.82) is 0 Å². The van der Waals surface area contributed by atoms with E-state index in [0.29, 0.717) is 17.6 Å². The highest BCUT2D eigenvalue weighted by atomic mass is 31.2. The summed E-state index contributed by atoms with van der Waals surface area (Å²) >= 11 is 0. The lowest BCUT2D eigenvalue weighted by Crippen LogP contribution is -2.42. The third kappa shape index (κ3) is 4.05. The van der Waals surface area contributed by atoms with Crippen LogP contribution in [0, 0.1) is 0 Å². The third-order valence-electron chi connectivity index (χ3n) is 4.68. The molecule has 156 valence electrons. The van der Waals surface area contributed by atoms with Crippen LogP contribution in [-0.2, 0) is 18.3 Å². The Kier molecular flexibility index (Phi) is 6.33. The fourth-order valence-electron chi connectivity index (χ4n) is 3.32. The Balaban J connectivity index is 1.69. The number of hydrogen-bond acceptors (Lipinski definition) is 10. The van der Waals surface area contributed by atoms with E-state index in [2.05, 4.69) is 15.0 Å². The molecule has 0 unspecified atom stereocenters. The molecule has 12 heteroatoms. The molecule has 0 spiro atoms. The van der Waals surface area contributed by atoms with Gasteiger partial charge in [-0.3, -0.25) is 9.13 Å². The number of hydrogen-bond donors (Lipinski definition) is 3. The molecule has 0 bridgehead atoms. The van der Waals surface area contributed by atoms with Crippen LogP contribution in [0.15, 0.2) is 12.7 Å². The second-order valence-corrected chi connectivity index (χ2v) is 8.79. The number of nitrogen functional groups attached to an aromatic ring is 1. The van der Waals surface area contributed by atoms with Crippen LogP contribution in [0.1, 0.15) is 32.9 Å². The van der Waals surface area contributed by atoms with Crippen molar-refractivity contribution in [2.75, 3.05) is 31.7 Å². The van der Waals surface area contributed by atoms with Crippen LogP contribution in [0.25, 0.3) is 11.2 Å². The number of aromatic nitrogens is 4. The van der Waals surface area contributed by atoms with Crippen molar-refractivity contribution in [2.24, 2.45) is 0 Å². The lowest BCUT2D eigenvalue weighted by atomic mass is 9.93. The van der Waals surface area contributed by atoms with Crippen LogP contribution in [-0.4, -0.2) is 67.4 Å². The summed E-state index contributed by atoms with van der Waals surface area (Å²) in [5.41, 5.74) is 5.06. The van der Waals surface area contributed by atoms with Crippen molar-refractivity contribution in [1.82, 2.24) is 19.5 Å². The van der Waals surface area contributed by atoms with E-state index >= 15 is 0 Å². The van der Waals surface area contributed by atoms with E-state index in [1.807, 2.05) is 0 Å². The highest BCUT2D eigenvalue weighted by molar-refractivity contribution is 7.53. The van der Waals surface area contributed by atoms with Gasteiger partial charge in [0.05, 0.1) is 32.3 Å². The minimum absolute atomic E-state index is 0.0906. The highest BCUT2D eigenvalue weighted by Crippen LogP contribution is 2.49. The molecule has 0 amide bonds. The molecule has 0 aromatic carbocycles. The molecule has 2 aromatic rings. The first-order chi connectivity index (χ1) is 13.3. The Morgan fingerprint density at radius 1 is 1.36 bits per heavy atom. The molecule has 28 heavy (non-hydrogen) atoms. The third-order valence-corrected chi connectivity index (χ3v) is 6.85. The molecule has 3 rings (SSSR count). The average Bonchev–Trinajstić information content (AvgIpc) is 3.19. The first-order valence-electron chi connectivity index (χ1n) is 9.16. The number of fused-ring (bicyclic) bond motifs is 1. The van der Waals surface area contributed by atoms with Gasteiger partial charge in [0.1, 0.15) is 23.5 Å². The van der Waals surface area contributed by atoms with E-state index in [1.54, 1.807) is 13.8 Å². The van der Waals surface area contributed by atoms with Gasteiger partial charge < -0.3 is 29.7 Å². The number of nitrogens with two attached hydrogens (primary N) is 1. The Morgan fingerprint density at radius 3 is 2.75 bits per heavy atom. The van der Waals surface area contributed by atoms with Crippen LogP contribution in [0.2, 0.25) is 0 Å². The van der Waals surface area contributed by atoms with E-state index in [0.717, 1.165) is 0 Å². The van der Waals surface area contributed by atoms with Gasteiger partial charge in [0, 0.05) is 0 Å². The zero-order chi connectivity index (χ0) is 20.4. The van der Waals surface area contributed by atoms with E-state index in [9.17, 15) is 14.8 Å². The molecule has 0 saturated carbocycles. The first kappa shape index (κ1) is 21.1. The minimum atomic E-state index is -3.21. The Bertz CT molecular complexity index is 853. The maximum Gasteiger partial charge on any atom is 0.330 e. The molecular formula is C16H26N5O6P. The lowest BCUT2D eigenvalue weighted by molar-refractivity contribution is -0.0648. The monoisotopic (exact) mass is 415 g/mol. The topological polar surface area (TPSA) is 155 Å². The summed E-state index contributed by atoms with van der Waals surface area (Å²) < 4.78 is 30.2. The van der Waals surface area contributed by atoms with Crippen molar-refractivity contribution in [3.8, 4) is 0 Å². The Labute approximate surface area is 162 Å². The summed E-state index contributed by atoms with van der Waals surface area (Å²) in [5.74, 6) is 0.217. The van der Waals surface area contributed by atoms with Crippen molar-refractivity contribution in [2.45, 2.75) is 44.6 Å². The van der Waals surface area contributed by atoms with Gasteiger partial charge in [-0.2, -0.15) is 0 Å². The predicted molar refractivity (Wildman–Crippen MR) is 101 cm³/mol. The van der Waals surface area contributed by atoms with Crippen molar-refractivity contribution >= 4 is 24.6 Å². The molecule has 0 radical (unpaired) electrons. The summed E-state index contributed by atoms with van der Waals surface area (Å²) in [5, 5.41) is 21.6. The van der Waals surface area contributed by atoms with Crippen LogP contribution < -0.4 is 5.73 Å². The highest BCUT2D eigenvalue weighted by Gasteiger charge is 2.49. The van der Waals surface area contributed by atoms with Crippen LogP contribution >= 0.6 is 7.60 Å². The zero-order valence-corrected chi connectivity index (χ0v) is 16.8. The van der Waals surface area contributed by atoms with E-state index < -0.39 is 25.5 Å². The van der Waals surface area contributed by atoms with Gasteiger partial charge in [-0.05, 0) is 26.7 Å². The van der Waals surface area contributed by atoms with Gasteiger partial charge >= 0.3 is 7.60 Å². The molecule has 3 heterocycles. The van der Waals surface area contributed by atoms with Crippen molar-refractivity contribution in [3.63, 3.8) is 0 Å². The fraction of sp³-hybridized carbons (Fsp3) is 0.688. The van der Waals surface area contributed by atoms with E-state index in [4.69, 9.17) is 19.5 Å². The number of nitrogens with zero attached hydrogens (tertiary/aromatic N) is 4. The second kappa shape index (κ2) is 8.40. The smallest absolute Gasteiger partial charge is 0.330 e. The van der Waals surface area contributed by atoms with Crippen molar-refractivity contribution < 1.29 is 28.6 Å². The molecule has 4 N–H and O–H groups in total. The summed E-state index contributed by atoms with van der Waals surface area (Å²) in [7, 11) is -3.21. The first-order valence-corrected chi connectivity index (χ1v) is 10.9.